The third kappa shape index (κ3) is 7.28. The zero-order chi connectivity index (χ0) is 24.7. The summed E-state index contributed by atoms with van der Waals surface area (Å²) in [6.45, 7) is 23.3. The third-order valence-electron chi connectivity index (χ3n) is 6.63. The predicted molar refractivity (Wildman–Crippen MR) is 124 cm³/mol. The number of nitrogens with zero attached hydrogens (tertiary/aromatic N) is 1. The fourth-order valence-corrected chi connectivity index (χ4v) is 3.68. The molecule has 2 atom stereocenters. The average molecular weight is 429 g/mol. The molecule has 0 aliphatic rings. The van der Waals surface area contributed by atoms with Gasteiger partial charge in [0.25, 0.3) is 0 Å². The number of ether oxygens (including phenoxy) is 1. The standard InChI is InChI=1S/C21H40N2O4.C3H8/c1-14(24)22-21(10,17(26)27-12)20(8,9)19(6,7)13-16(18(3,4)5)23(11)15(2)25;1-3-2/h16H,13H2,1-12H3,(H,22,24);3H2,1-2H3. The van der Waals surface area contributed by atoms with Gasteiger partial charge in [0, 0.05) is 32.4 Å². The first-order valence-electron chi connectivity index (χ1n) is 10.9. The minimum Gasteiger partial charge on any atom is -0.467 e. The Balaban J connectivity index is 0. The van der Waals surface area contributed by atoms with E-state index in [4.69, 9.17) is 4.74 Å². The summed E-state index contributed by atoms with van der Waals surface area (Å²) in [4.78, 5) is 38.4. The van der Waals surface area contributed by atoms with E-state index in [0.717, 1.165) is 0 Å². The van der Waals surface area contributed by atoms with Gasteiger partial charge in [-0.3, -0.25) is 9.59 Å². The highest BCUT2D eigenvalue weighted by Gasteiger charge is 2.57. The van der Waals surface area contributed by atoms with Crippen LogP contribution >= 0.6 is 0 Å². The lowest BCUT2D eigenvalue weighted by Crippen LogP contribution is -2.66. The summed E-state index contributed by atoms with van der Waals surface area (Å²) in [6, 6.07) is -0.0384. The Bertz CT molecular complexity index is 591. The van der Waals surface area contributed by atoms with Gasteiger partial charge in [-0.05, 0) is 24.2 Å². The maximum absolute atomic E-state index is 12.7. The Morgan fingerprint density at radius 2 is 1.33 bits per heavy atom. The maximum atomic E-state index is 12.7. The molecule has 6 heteroatoms. The summed E-state index contributed by atoms with van der Waals surface area (Å²) >= 11 is 0. The number of hydrogen-bond acceptors (Lipinski definition) is 4. The largest absolute Gasteiger partial charge is 0.467 e. The van der Waals surface area contributed by atoms with E-state index in [-0.39, 0.29) is 23.3 Å². The van der Waals surface area contributed by atoms with Gasteiger partial charge in [-0.2, -0.15) is 0 Å². The zero-order valence-electron chi connectivity index (χ0n) is 22.1. The molecule has 6 nitrogen and oxygen atoms in total. The monoisotopic (exact) mass is 428 g/mol. The smallest absolute Gasteiger partial charge is 0.331 e. The van der Waals surface area contributed by atoms with Crippen LogP contribution < -0.4 is 5.32 Å². The highest BCUT2D eigenvalue weighted by atomic mass is 16.5. The van der Waals surface area contributed by atoms with Gasteiger partial charge < -0.3 is 15.0 Å². The molecule has 178 valence electrons. The van der Waals surface area contributed by atoms with Gasteiger partial charge in [0.05, 0.1) is 7.11 Å². The van der Waals surface area contributed by atoms with Crippen LogP contribution in [0.4, 0.5) is 0 Å². The molecule has 0 bridgehead atoms. The second-order valence-corrected chi connectivity index (χ2v) is 10.7. The van der Waals surface area contributed by atoms with E-state index in [2.05, 4.69) is 53.8 Å². The average Bonchev–Trinajstić information content (AvgIpc) is 2.56. The first kappa shape index (κ1) is 30.6. The van der Waals surface area contributed by atoms with Gasteiger partial charge in [-0.1, -0.05) is 68.7 Å². The Kier molecular flexibility index (Phi) is 11.4. The molecule has 0 heterocycles. The topological polar surface area (TPSA) is 75.7 Å². The molecule has 0 aliphatic heterocycles. The van der Waals surface area contributed by atoms with E-state index in [1.54, 1.807) is 18.7 Å². The highest BCUT2D eigenvalue weighted by Crippen LogP contribution is 2.51. The Morgan fingerprint density at radius 3 is 1.60 bits per heavy atom. The number of rotatable bonds is 7. The molecule has 0 saturated heterocycles. The van der Waals surface area contributed by atoms with Crippen LogP contribution in [0.1, 0.15) is 95.9 Å². The van der Waals surface area contributed by atoms with Crippen LogP contribution in [0.25, 0.3) is 0 Å². The first-order valence-corrected chi connectivity index (χ1v) is 10.9. The van der Waals surface area contributed by atoms with Crippen molar-refractivity contribution in [1.82, 2.24) is 10.2 Å². The number of hydrogen-bond donors (Lipinski definition) is 1. The molecule has 0 saturated carbocycles. The molecule has 0 aliphatic carbocycles. The summed E-state index contributed by atoms with van der Waals surface area (Å²) in [5.41, 5.74) is -2.45. The summed E-state index contributed by atoms with van der Waals surface area (Å²) < 4.78 is 5.04. The third-order valence-corrected chi connectivity index (χ3v) is 6.63. The summed E-state index contributed by atoms with van der Waals surface area (Å²) in [5, 5.41) is 2.82. The quantitative estimate of drug-likeness (QED) is 0.591. The van der Waals surface area contributed by atoms with Crippen molar-refractivity contribution in [3.63, 3.8) is 0 Å². The number of esters is 1. The molecule has 30 heavy (non-hydrogen) atoms. The van der Waals surface area contributed by atoms with Crippen LogP contribution in [-0.2, 0) is 19.1 Å². The molecule has 2 amide bonds. The van der Waals surface area contributed by atoms with Crippen molar-refractivity contribution in [2.75, 3.05) is 14.2 Å². The molecular weight excluding hydrogens is 380 g/mol. The molecule has 0 aromatic heterocycles. The molecule has 0 spiro atoms. The molecule has 0 fully saturated rings. The Hall–Kier alpha value is -1.59. The highest BCUT2D eigenvalue weighted by molar-refractivity contribution is 5.87. The molecule has 0 aromatic rings. The SMILES string of the molecule is CCC.COC(=O)C(C)(NC(C)=O)C(C)(C)C(C)(C)CC(N(C)C(C)=O)C(C)(C)C. The van der Waals surface area contributed by atoms with Gasteiger partial charge >= 0.3 is 5.97 Å². The number of carbonyl (C=O) groups is 3. The van der Waals surface area contributed by atoms with E-state index in [1.807, 2.05) is 20.9 Å². The van der Waals surface area contributed by atoms with Gasteiger partial charge in [0.2, 0.25) is 11.8 Å². The summed E-state index contributed by atoms with van der Waals surface area (Å²) in [6.07, 6.45) is 1.91. The van der Waals surface area contributed by atoms with Crippen molar-refractivity contribution in [3.05, 3.63) is 0 Å². The molecular formula is C24H48N2O4. The minimum atomic E-state index is -1.21. The molecule has 1 N–H and O–H groups in total. The number of nitrogens with one attached hydrogen (secondary N) is 1. The fourth-order valence-electron chi connectivity index (χ4n) is 3.68. The molecule has 0 rings (SSSR count). The number of carbonyl (C=O) groups excluding carboxylic acids is 3. The second kappa shape index (κ2) is 11.1. The van der Waals surface area contributed by atoms with Crippen molar-refractivity contribution < 1.29 is 19.1 Å². The lowest BCUT2D eigenvalue weighted by Gasteiger charge is -2.54. The van der Waals surface area contributed by atoms with Crippen molar-refractivity contribution in [2.24, 2.45) is 16.2 Å². The normalized spacial score (nSPS) is 15.1. The predicted octanol–water partition coefficient (Wildman–Crippen LogP) is 4.81. The summed E-state index contributed by atoms with van der Waals surface area (Å²) in [5.74, 6) is -0.774. The lowest BCUT2D eigenvalue weighted by molar-refractivity contribution is -0.162. The number of amides is 2. The first-order chi connectivity index (χ1) is 13.3. The van der Waals surface area contributed by atoms with Crippen LogP contribution in [0, 0.1) is 16.2 Å². The maximum Gasteiger partial charge on any atom is 0.331 e. The van der Waals surface area contributed by atoms with Crippen LogP contribution in [0.5, 0.6) is 0 Å². The Morgan fingerprint density at radius 1 is 0.933 bits per heavy atom. The van der Waals surface area contributed by atoms with Gasteiger partial charge in [-0.15, -0.1) is 0 Å². The molecule has 2 unspecified atom stereocenters. The van der Waals surface area contributed by atoms with E-state index in [9.17, 15) is 14.4 Å². The van der Waals surface area contributed by atoms with Gasteiger partial charge in [0.1, 0.15) is 5.54 Å². The Labute approximate surface area is 185 Å². The van der Waals surface area contributed by atoms with Crippen LogP contribution in [0.2, 0.25) is 0 Å². The van der Waals surface area contributed by atoms with Crippen LogP contribution in [0.3, 0.4) is 0 Å². The lowest BCUT2D eigenvalue weighted by atomic mass is 9.54. The van der Waals surface area contributed by atoms with E-state index < -0.39 is 22.3 Å². The van der Waals surface area contributed by atoms with E-state index >= 15 is 0 Å². The molecule has 0 radical (unpaired) electrons. The van der Waals surface area contributed by atoms with E-state index in [1.165, 1.54) is 20.5 Å². The van der Waals surface area contributed by atoms with Crippen molar-refractivity contribution >= 4 is 17.8 Å². The second-order valence-electron chi connectivity index (χ2n) is 10.7. The van der Waals surface area contributed by atoms with Crippen molar-refractivity contribution in [2.45, 2.75) is 108 Å². The molecule has 0 aromatic carbocycles. The van der Waals surface area contributed by atoms with Crippen LogP contribution in [-0.4, -0.2) is 48.4 Å². The van der Waals surface area contributed by atoms with Crippen molar-refractivity contribution in [3.8, 4) is 0 Å². The van der Waals surface area contributed by atoms with E-state index in [0.29, 0.717) is 6.42 Å². The van der Waals surface area contributed by atoms with Crippen LogP contribution in [0.15, 0.2) is 0 Å². The number of methoxy groups -OCH3 is 1. The zero-order valence-corrected chi connectivity index (χ0v) is 22.1. The van der Waals surface area contributed by atoms with Gasteiger partial charge in [0.15, 0.2) is 0 Å². The summed E-state index contributed by atoms with van der Waals surface area (Å²) in [7, 11) is 3.14. The fraction of sp³-hybridized carbons (Fsp3) is 0.875. The van der Waals surface area contributed by atoms with Gasteiger partial charge in [-0.25, -0.2) is 4.79 Å². The minimum absolute atomic E-state index is 0.00104. The van der Waals surface area contributed by atoms with Crippen molar-refractivity contribution in [1.29, 1.82) is 0 Å².